The van der Waals surface area contributed by atoms with Crippen LogP contribution in [-0.2, 0) is 45.2 Å². The van der Waals surface area contributed by atoms with Gasteiger partial charge in [-0.3, -0.25) is 29.0 Å². The largest absolute Gasteiger partial charge is 0.487 e. The Kier molecular flexibility index (Phi) is 12.7. The van der Waals surface area contributed by atoms with Gasteiger partial charge in [-0.15, -0.1) is 0 Å². The Morgan fingerprint density at radius 3 is 2.38 bits per heavy atom. The summed E-state index contributed by atoms with van der Waals surface area (Å²) in [7, 11) is -4.12. The van der Waals surface area contributed by atoms with Crippen LogP contribution in [-0.4, -0.2) is 99.0 Å². The standard InChI is InChI=1S/C35H54N8O9S/c1-18-19(2)29(20(3)22-11-12-35(7,8)52-28(18)22)53(49,50)43-33(36)37-13-9-10-23-30(46)39-17-26(44)41-25(15-27(45)51-34(4,5)6)32(48)40-21-14-24(38-16-21)31(47)42-23/h21,23-25,38H,9-17H2,1-8H3,(H,39,46)(H,40,48)(H,41,44)(H,42,47)(H3,36,37,43)/t21-,23-,24+,25-/m0/s1. The summed E-state index contributed by atoms with van der Waals surface area (Å²) in [6.07, 6.45) is 1.46. The van der Waals surface area contributed by atoms with Crippen molar-refractivity contribution in [1.29, 1.82) is 0 Å². The van der Waals surface area contributed by atoms with Gasteiger partial charge in [-0.05, 0) is 110 Å². The van der Waals surface area contributed by atoms with Crippen LogP contribution < -0.4 is 41.8 Å². The summed E-state index contributed by atoms with van der Waals surface area (Å²) in [6.45, 7) is 14.1. The van der Waals surface area contributed by atoms with E-state index in [4.69, 9.17) is 15.2 Å². The molecule has 3 aliphatic heterocycles. The van der Waals surface area contributed by atoms with Crippen LogP contribution in [0.15, 0.2) is 9.89 Å². The lowest BCUT2D eigenvalue weighted by Crippen LogP contribution is -2.55. The smallest absolute Gasteiger partial charge is 0.308 e. The van der Waals surface area contributed by atoms with E-state index in [0.717, 1.165) is 17.5 Å². The first-order valence-corrected chi connectivity index (χ1v) is 19.3. The second kappa shape index (κ2) is 16.3. The van der Waals surface area contributed by atoms with Crippen LogP contribution in [0.1, 0.15) is 89.0 Å². The average molecular weight is 763 g/mol. The molecular weight excluding hydrogens is 708 g/mol. The van der Waals surface area contributed by atoms with Crippen LogP contribution in [0, 0.1) is 20.8 Å². The van der Waals surface area contributed by atoms with E-state index >= 15 is 0 Å². The number of nitrogens with two attached hydrogens (primary N) is 1. The van der Waals surface area contributed by atoms with E-state index in [1.54, 1.807) is 34.6 Å². The van der Waals surface area contributed by atoms with Crippen molar-refractivity contribution in [1.82, 2.24) is 31.3 Å². The highest BCUT2D eigenvalue weighted by Gasteiger charge is 2.36. The summed E-state index contributed by atoms with van der Waals surface area (Å²) in [5, 5.41) is 13.5. The number of sulfonamides is 1. The molecule has 4 rings (SSSR count). The maximum Gasteiger partial charge on any atom is 0.308 e. The molecule has 4 atom stereocenters. The normalized spacial score (nSPS) is 24.0. The number of carbonyl (C=O) groups excluding carboxylic acids is 5. The molecule has 3 heterocycles. The van der Waals surface area contributed by atoms with E-state index in [-0.39, 0.29) is 48.8 Å². The molecule has 18 heteroatoms. The lowest BCUT2D eigenvalue weighted by Gasteiger charge is -2.35. The van der Waals surface area contributed by atoms with Crippen molar-refractivity contribution in [2.45, 2.75) is 134 Å². The van der Waals surface area contributed by atoms with Crippen LogP contribution in [0.2, 0.25) is 0 Å². The molecule has 4 amide bonds. The lowest BCUT2D eigenvalue weighted by molar-refractivity contribution is -0.156. The molecule has 1 aromatic rings. The molecule has 2 bridgehead atoms. The number of amides is 4. The highest BCUT2D eigenvalue weighted by atomic mass is 32.2. The Morgan fingerprint density at radius 1 is 1.00 bits per heavy atom. The number of fused-ring (bicyclic) bond motifs is 3. The molecule has 8 N–H and O–H groups in total. The second-order valence-electron chi connectivity index (χ2n) is 15.5. The molecule has 0 saturated carbocycles. The van der Waals surface area contributed by atoms with Crippen molar-refractivity contribution in [3.8, 4) is 5.75 Å². The summed E-state index contributed by atoms with van der Waals surface area (Å²) in [4.78, 5) is 69.1. The van der Waals surface area contributed by atoms with E-state index in [1.807, 2.05) is 20.8 Å². The second-order valence-corrected chi connectivity index (χ2v) is 17.1. The van der Waals surface area contributed by atoms with Crippen LogP contribution in [0.4, 0.5) is 0 Å². The molecule has 2 saturated heterocycles. The first kappa shape index (κ1) is 41.3. The van der Waals surface area contributed by atoms with Crippen LogP contribution in [0.5, 0.6) is 5.75 Å². The molecule has 0 radical (unpaired) electrons. The molecule has 0 unspecified atom stereocenters. The Balaban J connectivity index is 1.41. The van der Waals surface area contributed by atoms with Gasteiger partial charge in [-0.25, -0.2) is 13.1 Å². The molecule has 1 aromatic carbocycles. The summed E-state index contributed by atoms with van der Waals surface area (Å²) in [6, 6.07) is -3.55. The molecule has 3 aliphatic rings. The Hall–Kier alpha value is -4.45. The highest BCUT2D eigenvalue weighted by Crippen LogP contribution is 2.42. The highest BCUT2D eigenvalue weighted by molar-refractivity contribution is 7.90. The SMILES string of the molecule is Cc1c(C)c(S(=O)(=O)NC(N)=NCCC[C@@H]2NC(=O)[C@H]3C[C@@H](CN3)NC(=O)[C@H](CC(=O)OC(C)(C)C)NC(=O)CNC2=O)c(C)c2c1OC(C)(C)CC2. The van der Waals surface area contributed by atoms with Crippen LogP contribution >= 0.6 is 0 Å². The van der Waals surface area contributed by atoms with Crippen molar-refractivity contribution < 1.29 is 41.9 Å². The molecular formula is C35H54N8O9S. The third kappa shape index (κ3) is 10.8. The molecule has 0 spiro atoms. The Labute approximate surface area is 310 Å². The minimum Gasteiger partial charge on any atom is -0.487 e. The summed E-state index contributed by atoms with van der Waals surface area (Å²) < 4.78 is 41.1. The number of rotatable bonds is 8. The monoisotopic (exact) mass is 762 g/mol. The van der Waals surface area contributed by atoms with Crippen molar-refractivity contribution in [3.63, 3.8) is 0 Å². The van der Waals surface area contributed by atoms with Gasteiger partial charge in [-0.1, -0.05) is 0 Å². The third-order valence-corrected chi connectivity index (χ3v) is 11.0. The van der Waals surface area contributed by atoms with Crippen LogP contribution in [0.25, 0.3) is 0 Å². The molecule has 0 aliphatic carbocycles. The van der Waals surface area contributed by atoms with Gasteiger partial charge in [-0.2, -0.15) is 0 Å². The number of nitrogens with zero attached hydrogens (tertiary/aromatic N) is 1. The van der Waals surface area contributed by atoms with Gasteiger partial charge in [0, 0.05) is 19.1 Å². The van der Waals surface area contributed by atoms with Crippen LogP contribution in [0.3, 0.4) is 0 Å². The fourth-order valence-electron chi connectivity index (χ4n) is 6.65. The molecule has 0 aromatic heterocycles. The fraction of sp³-hybridized carbons (Fsp3) is 0.657. The zero-order valence-corrected chi connectivity index (χ0v) is 32.6. The minimum absolute atomic E-state index is 0.0146. The van der Waals surface area contributed by atoms with Crippen molar-refractivity contribution in [3.05, 3.63) is 22.3 Å². The first-order valence-electron chi connectivity index (χ1n) is 17.8. The molecule has 294 valence electrons. The minimum atomic E-state index is -4.12. The number of aliphatic imine (C=N–C) groups is 1. The first-order chi connectivity index (χ1) is 24.6. The van der Waals surface area contributed by atoms with Gasteiger partial charge in [0.1, 0.15) is 29.0 Å². The van der Waals surface area contributed by atoms with Gasteiger partial charge >= 0.3 is 5.97 Å². The molecule has 2 fully saturated rings. The number of guanidine groups is 1. The number of esters is 1. The predicted octanol–water partition coefficient (Wildman–Crippen LogP) is -0.233. The average Bonchev–Trinajstić information content (AvgIpc) is 3.50. The summed E-state index contributed by atoms with van der Waals surface area (Å²) >= 11 is 0. The van der Waals surface area contributed by atoms with Gasteiger partial charge in [0.25, 0.3) is 10.0 Å². The maximum atomic E-state index is 13.6. The van der Waals surface area contributed by atoms with E-state index < -0.39 is 82.4 Å². The number of ether oxygens (including phenoxy) is 2. The predicted molar refractivity (Wildman–Crippen MR) is 195 cm³/mol. The fourth-order valence-corrected chi connectivity index (χ4v) is 8.17. The topological polar surface area (TPSA) is 249 Å². The number of hydrogen-bond acceptors (Lipinski definition) is 11. The van der Waals surface area contributed by atoms with E-state index in [2.05, 4.69) is 36.3 Å². The van der Waals surface area contributed by atoms with Crippen molar-refractivity contribution in [2.24, 2.45) is 10.7 Å². The van der Waals surface area contributed by atoms with Gasteiger partial charge in [0.05, 0.1) is 23.9 Å². The molecule has 53 heavy (non-hydrogen) atoms. The van der Waals surface area contributed by atoms with E-state index in [0.29, 0.717) is 23.3 Å². The number of carbonyl (C=O) groups is 5. The summed E-state index contributed by atoms with van der Waals surface area (Å²) in [5.41, 5.74) is 7.59. The third-order valence-electron chi connectivity index (χ3n) is 9.40. The van der Waals surface area contributed by atoms with Gasteiger partial charge in [0.15, 0.2) is 0 Å². The van der Waals surface area contributed by atoms with Gasteiger partial charge < -0.3 is 41.8 Å². The summed E-state index contributed by atoms with van der Waals surface area (Å²) in [5.74, 6) is -2.81. The maximum absolute atomic E-state index is 13.6. The zero-order chi connectivity index (χ0) is 39.5. The quantitative estimate of drug-likeness (QED) is 0.0789. The van der Waals surface area contributed by atoms with E-state index in [1.165, 1.54) is 0 Å². The van der Waals surface area contributed by atoms with Crippen molar-refractivity contribution in [2.75, 3.05) is 19.6 Å². The Morgan fingerprint density at radius 2 is 1.70 bits per heavy atom. The van der Waals surface area contributed by atoms with E-state index in [9.17, 15) is 32.4 Å². The lowest BCUT2D eigenvalue weighted by atomic mass is 9.88. The number of benzene rings is 1. The van der Waals surface area contributed by atoms with Crippen molar-refractivity contribution >= 4 is 45.6 Å². The van der Waals surface area contributed by atoms with Gasteiger partial charge in [0.2, 0.25) is 29.6 Å². The number of nitrogens with one attached hydrogen (secondary N) is 6. The Bertz CT molecular complexity index is 1770. The molecule has 17 nitrogen and oxygen atoms in total. The zero-order valence-electron chi connectivity index (χ0n) is 31.8. The number of hydrogen-bond donors (Lipinski definition) is 7.